The molecule has 0 spiro atoms. The van der Waals surface area contributed by atoms with E-state index in [1.54, 1.807) is 14.2 Å². The zero-order valence-corrected chi connectivity index (χ0v) is 22.0. The van der Waals surface area contributed by atoms with Crippen LogP contribution < -0.4 is 25.0 Å². The van der Waals surface area contributed by atoms with Crippen molar-refractivity contribution in [1.29, 1.82) is 0 Å². The molecular formula is C27H38BrN5O2. The monoisotopic (exact) mass is 543 g/mol. The van der Waals surface area contributed by atoms with Crippen molar-refractivity contribution in [2.75, 3.05) is 45.1 Å². The summed E-state index contributed by atoms with van der Waals surface area (Å²) in [4.78, 5) is 11.6. The summed E-state index contributed by atoms with van der Waals surface area (Å²) < 4.78 is 11.8. The number of rotatable bonds is 9. The molecule has 0 saturated heterocycles. The Labute approximate surface area is 217 Å². The topological polar surface area (TPSA) is 71.5 Å². The molecule has 1 aliphatic carbocycles. The van der Waals surface area contributed by atoms with E-state index in [1.165, 1.54) is 18.4 Å². The van der Waals surface area contributed by atoms with Gasteiger partial charge in [0.05, 0.1) is 24.2 Å². The molecule has 2 aromatic carbocycles. The minimum Gasteiger partial charge on any atom is -0.493 e. The molecule has 190 valence electrons. The Morgan fingerprint density at radius 2 is 1.77 bits per heavy atom. The summed E-state index contributed by atoms with van der Waals surface area (Å²) >= 11 is 3.57. The fourth-order valence-corrected chi connectivity index (χ4v) is 5.30. The van der Waals surface area contributed by atoms with E-state index >= 15 is 0 Å². The predicted octanol–water partition coefficient (Wildman–Crippen LogP) is 5.87. The van der Waals surface area contributed by atoms with Crippen molar-refractivity contribution in [3.8, 4) is 11.5 Å². The third kappa shape index (κ3) is 6.55. The van der Waals surface area contributed by atoms with Gasteiger partial charge in [0, 0.05) is 32.1 Å². The van der Waals surface area contributed by atoms with Gasteiger partial charge in [0.1, 0.15) is 5.82 Å². The molecule has 8 heteroatoms. The third-order valence-electron chi connectivity index (χ3n) is 6.44. The van der Waals surface area contributed by atoms with Crippen molar-refractivity contribution in [2.45, 2.75) is 45.7 Å². The van der Waals surface area contributed by atoms with Gasteiger partial charge in [-0.05, 0) is 83.9 Å². The predicted molar refractivity (Wildman–Crippen MR) is 149 cm³/mol. The minimum absolute atomic E-state index is 0. The van der Waals surface area contributed by atoms with Crippen LogP contribution in [0.25, 0.3) is 10.9 Å². The fourth-order valence-electron chi connectivity index (χ4n) is 4.65. The summed E-state index contributed by atoms with van der Waals surface area (Å²) in [5.41, 5.74) is 2.15. The normalized spacial score (nSPS) is 17.5. The first kappa shape index (κ1) is 27.0. The van der Waals surface area contributed by atoms with Crippen molar-refractivity contribution in [3.63, 3.8) is 0 Å². The lowest BCUT2D eigenvalue weighted by Crippen LogP contribution is -2.31. The second kappa shape index (κ2) is 12.4. The van der Waals surface area contributed by atoms with Crippen LogP contribution in [0.1, 0.15) is 38.7 Å². The van der Waals surface area contributed by atoms with E-state index in [-0.39, 0.29) is 7.43 Å². The Bertz CT molecular complexity index is 1120. The van der Waals surface area contributed by atoms with Crippen LogP contribution in [0.5, 0.6) is 11.5 Å². The fraction of sp³-hybridized carbons (Fsp3) is 0.481. The van der Waals surface area contributed by atoms with Gasteiger partial charge in [-0.3, -0.25) is 0 Å². The van der Waals surface area contributed by atoms with Gasteiger partial charge in [0.15, 0.2) is 11.5 Å². The quantitative estimate of drug-likeness (QED) is 0.349. The van der Waals surface area contributed by atoms with Crippen LogP contribution in [0.15, 0.2) is 40.9 Å². The number of fused-ring (bicyclic) bond motifs is 1. The van der Waals surface area contributed by atoms with E-state index < -0.39 is 0 Å². The molecule has 35 heavy (non-hydrogen) atoms. The van der Waals surface area contributed by atoms with Crippen LogP contribution in [0.4, 0.5) is 11.8 Å². The maximum absolute atomic E-state index is 5.46. The summed E-state index contributed by atoms with van der Waals surface area (Å²) in [7, 11) is 7.37. The van der Waals surface area contributed by atoms with Crippen LogP contribution in [0.3, 0.4) is 0 Å². The van der Waals surface area contributed by atoms with Crippen LogP contribution in [-0.2, 0) is 6.54 Å². The van der Waals surface area contributed by atoms with Crippen LogP contribution in [-0.4, -0.2) is 50.9 Å². The zero-order chi connectivity index (χ0) is 24.1. The first-order chi connectivity index (χ1) is 16.5. The molecule has 4 rings (SSSR count). The van der Waals surface area contributed by atoms with E-state index in [0.717, 1.165) is 64.6 Å². The van der Waals surface area contributed by atoms with Crippen LogP contribution >= 0.6 is 15.9 Å². The highest BCUT2D eigenvalue weighted by Crippen LogP contribution is 2.36. The van der Waals surface area contributed by atoms with E-state index in [0.29, 0.717) is 12.0 Å². The number of benzene rings is 2. The highest BCUT2D eigenvalue weighted by molar-refractivity contribution is 9.10. The molecule has 1 heterocycles. The van der Waals surface area contributed by atoms with Gasteiger partial charge in [0.2, 0.25) is 5.95 Å². The molecule has 7 nitrogen and oxygen atoms in total. The van der Waals surface area contributed by atoms with Gasteiger partial charge in [-0.15, -0.1) is 0 Å². The van der Waals surface area contributed by atoms with Gasteiger partial charge in [-0.25, -0.2) is 4.98 Å². The third-order valence-corrected chi connectivity index (χ3v) is 7.03. The first-order valence-electron chi connectivity index (χ1n) is 11.8. The molecule has 3 aromatic rings. The lowest BCUT2D eigenvalue weighted by molar-refractivity contribution is 0.323. The van der Waals surface area contributed by atoms with Gasteiger partial charge in [-0.1, -0.05) is 19.6 Å². The summed E-state index contributed by atoms with van der Waals surface area (Å²) in [6.07, 6.45) is 4.63. The van der Waals surface area contributed by atoms with Crippen molar-refractivity contribution < 1.29 is 9.47 Å². The number of ether oxygens (including phenoxy) is 2. The Kier molecular flexibility index (Phi) is 9.57. The molecule has 0 bridgehead atoms. The Balaban J connectivity index is 0.00000342. The standard InChI is InChI=1S/C26H34BrN5O2.CH4/c1-32(2)25-20-7-5-6-8-22(20)30-26(31-25)29-19-11-9-17(10-12-19)15-28-16-18-13-21(27)24(34-4)23(14-18)33-3;/h5-8,13-14,17,19,28H,9-12,15-16H2,1-4H3,(H,29,30,31);1H4. The SMILES string of the molecule is C.COc1cc(CNCC2CCC(Nc3nc(N(C)C)c4ccccc4n3)CC2)cc(Br)c1OC. The number of aromatic nitrogens is 2. The van der Waals surface area contributed by atoms with E-state index in [1.807, 2.05) is 32.3 Å². The maximum atomic E-state index is 5.46. The van der Waals surface area contributed by atoms with Gasteiger partial charge in [0.25, 0.3) is 0 Å². The average Bonchev–Trinajstić information content (AvgIpc) is 2.84. The molecule has 1 aromatic heterocycles. The smallest absolute Gasteiger partial charge is 0.225 e. The maximum Gasteiger partial charge on any atom is 0.225 e. The number of hydrogen-bond acceptors (Lipinski definition) is 7. The molecule has 0 unspecified atom stereocenters. The Hall–Kier alpha value is -2.58. The number of hydrogen-bond donors (Lipinski definition) is 2. The van der Waals surface area contributed by atoms with Crippen molar-refractivity contribution in [3.05, 3.63) is 46.4 Å². The number of nitrogens with zero attached hydrogens (tertiary/aromatic N) is 3. The lowest BCUT2D eigenvalue weighted by atomic mass is 9.86. The molecule has 2 N–H and O–H groups in total. The van der Waals surface area contributed by atoms with Crippen LogP contribution in [0.2, 0.25) is 0 Å². The van der Waals surface area contributed by atoms with Crippen molar-refractivity contribution >= 4 is 38.6 Å². The molecule has 0 amide bonds. The molecule has 0 radical (unpaired) electrons. The lowest BCUT2D eigenvalue weighted by Gasteiger charge is -2.29. The van der Waals surface area contributed by atoms with Crippen LogP contribution in [0, 0.1) is 5.92 Å². The molecular weight excluding hydrogens is 506 g/mol. The number of methoxy groups -OCH3 is 2. The van der Waals surface area contributed by atoms with Crippen molar-refractivity contribution in [2.24, 2.45) is 5.92 Å². The largest absolute Gasteiger partial charge is 0.493 e. The Morgan fingerprint density at radius 1 is 1.03 bits per heavy atom. The summed E-state index contributed by atoms with van der Waals surface area (Å²) in [6, 6.07) is 12.7. The molecule has 1 saturated carbocycles. The highest BCUT2D eigenvalue weighted by Gasteiger charge is 2.22. The molecule has 1 aliphatic rings. The summed E-state index contributed by atoms with van der Waals surface area (Å²) in [5.74, 6) is 3.83. The number of anilines is 2. The molecule has 0 aliphatic heterocycles. The number of para-hydroxylation sites is 1. The van der Waals surface area contributed by atoms with Gasteiger partial charge < -0.3 is 25.0 Å². The zero-order valence-electron chi connectivity index (χ0n) is 20.4. The van der Waals surface area contributed by atoms with E-state index in [2.05, 4.69) is 49.7 Å². The highest BCUT2D eigenvalue weighted by atomic mass is 79.9. The number of nitrogens with one attached hydrogen (secondary N) is 2. The average molecular weight is 545 g/mol. The minimum atomic E-state index is 0. The van der Waals surface area contributed by atoms with E-state index in [9.17, 15) is 0 Å². The summed E-state index contributed by atoms with van der Waals surface area (Å²) in [6.45, 7) is 1.81. The second-order valence-corrected chi connectivity index (χ2v) is 9.94. The number of halogens is 1. The van der Waals surface area contributed by atoms with Gasteiger partial charge in [-0.2, -0.15) is 4.98 Å². The summed E-state index contributed by atoms with van der Waals surface area (Å²) in [5, 5.41) is 8.30. The van der Waals surface area contributed by atoms with E-state index in [4.69, 9.17) is 19.4 Å². The molecule has 0 atom stereocenters. The molecule has 1 fully saturated rings. The second-order valence-electron chi connectivity index (χ2n) is 9.09. The Morgan fingerprint density at radius 3 is 2.46 bits per heavy atom. The first-order valence-corrected chi connectivity index (χ1v) is 12.6. The van der Waals surface area contributed by atoms with Crippen molar-refractivity contribution in [1.82, 2.24) is 15.3 Å². The van der Waals surface area contributed by atoms with Gasteiger partial charge >= 0.3 is 0 Å².